The van der Waals surface area contributed by atoms with Gasteiger partial charge in [-0.25, -0.2) is 0 Å². The molecular formula is C30H50O4. The maximum absolute atomic E-state index is 11.6. The van der Waals surface area contributed by atoms with Gasteiger partial charge in [0.25, 0.3) is 0 Å². The van der Waals surface area contributed by atoms with Crippen LogP contribution in [0.15, 0.2) is 11.6 Å². The number of fused-ring (bicyclic) bond motifs is 5. The average molecular weight is 475 g/mol. The molecule has 0 amide bonds. The molecule has 0 radical (unpaired) electrons. The quantitative estimate of drug-likeness (QED) is 0.421. The number of rotatable bonds is 2. The molecule has 0 spiro atoms. The fourth-order valence-corrected chi connectivity index (χ4v) is 10.7. The summed E-state index contributed by atoms with van der Waals surface area (Å²) in [5.41, 5.74) is 0.670. The first-order chi connectivity index (χ1) is 15.6. The number of hydrogen-bond donors (Lipinski definition) is 4. The summed E-state index contributed by atoms with van der Waals surface area (Å²) in [4.78, 5) is 0. The number of hydrogen-bond acceptors (Lipinski definition) is 4. The Hall–Kier alpha value is -0.420. The summed E-state index contributed by atoms with van der Waals surface area (Å²) in [6.45, 7) is 15.5. The van der Waals surface area contributed by atoms with Gasteiger partial charge in [-0.05, 0) is 111 Å². The molecule has 0 heterocycles. The molecule has 194 valence electrons. The number of allylic oxidation sites excluding steroid dienone is 2. The van der Waals surface area contributed by atoms with E-state index in [-0.39, 0.29) is 45.5 Å². The van der Waals surface area contributed by atoms with Crippen molar-refractivity contribution in [2.75, 3.05) is 0 Å². The van der Waals surface area contributed by atoms with E-state index in [4.69, 9.17) is 0 Å². The molecule has 0 bridgehead atoms. The zero-order chi connectivity index (χ0) is 25.1. The van der Waals surface area contributed by atoms with Crippen molar-refractivity contribution in [3.8, 4) is 0 Å². The lowest BCUT2D eigenvalue weighted by Crippen LogP contribution is -2.58. The Morgan fingerprint density at radius 2 is 1.59 bits per heavy atom. The van der Waals surface area contributed by atoms with Crippen LogP contribution in [-0.2, 0) is 0 Å². The molecule has 4 heteroatoms. The van der Waals surface area contributed by atoms with Crippen LogP contribution in [0.1, 0.15) is 99.8 Å². The second-order valence-corrected chi connectivity index (χ2v) is 15.0. The van der Waals surface area contributed by atoms with Crippen molar-refractivity contribution >= 4 is 0 Å². The second-order valence-electron chi connectivity index (χ2n) is 15.0. The van der Waals surface area contributed by atoms with E-state index < -0.39 is 17.8 Å². The first-order valence-corrected chi connectivity index (χ1v) is 14.1. The van der Waals surface area contributed by atoms with Crippen LogP contribution >= 0.6 is 0 Å². The highest BCUT2D eigenvalue weighted by molar-refractivity contribution is 5.34. The van der Waals surface area contributed by atoms with Crippen LogP contribution in [0.5, 0.6) is 0 Å². The summed E-state index contributed by atoms with van der Waals surface area (Å²) in [6.07, 6.45) is 9.02. The molecule has 11 atom stereocenters. The van der Waals surface area contributed by atoms with E-state index >= 15 is 0 Å². The van der Waals surface area contributed by atoms with Crippen molar-refractivity contribution in [1.82, 2.24) is 0 Å². The smallest absolute Gasteiger partial charge is 0.0644 e. The zero-order valence-corrected chi connectivity index (χ0v) is 22.6. The molecule has 0 aromatic rings. The molecule has 34 heavy (non-hydrogen) atoms. The molecule has 0 saturated heterocycles. The Kier molecular flexibility index (Phi) is 5.61. The third-order valence-corrected chi connectivity index (χ3v) is 12.9. The van der Waals surface area contributed by atoms with Crippen LogP contribution in [0, 0.1) is 51.2 Å². The topological polar surface area (TPSA) is 80.9 Å². The molecule has 0 unspecified atom stereocenters. The molecule has 0 aromatic carbocycles. The Bertz CT molecular complexity index is 856. The van der Waals surface area contributed by atoms with E-state index in [1.54, 1.807) is 5.57 Å². The van der Waals surface area contributed by atoms with Gasteiger partial charge >= 0.3 is 0 Å². The van der Waals surface area contributed by atoms with E-state index in [9.17, 15) is 20.4 Å². The summed E-state index contributed by atoms with van der Waals surface area (Å²) < 4.78 is 0. The van der Waals surface area contributed by atoms with Gasteiger partial charge in [-0.2, -0.15) is 0 Å². The molecular weight excluding hydrogens is 424 g/mol. The van der Waals surface area contributed by atoms with Crippen LogP contribution < -0.4 is 0 Å². The Balaban J connectivity index is 1.50. The average Bonchev–Trinajstić information content (AvgIpc) is 3.19. The molecule has 5 aliphatic carbocycles. The minimum atomic E-state index is -0.895. The third-order valence-electron chi connectivity index (χ3n) is 12.9. The predicted molar refractivity (Wildman–Crippen MR) is 135 cm³/mol. The lowest BCUT2D eigenvalue weighted by atomic mass is 9.41. The standard InChI is InChI=1S/C30H50O4/c1-26(2)22-11-10-19-18(28(22,5)14-13-23(26)32)12-15-29(6)24(21(31)16-30(19,29)7)17-8-9-20(25(17)33)27(3,4)34/h10,17-18,20-25,31-34H,8-9,11-16H2,1-7H3/t17-,18+,20+,21+,22+,23+,24-,25-,28-,29+,30-/m1/s1. The van der Waals surface area contributed by atoms with Crippen molar-refractivity contribution in [2.45, 2.75) is 124 Å². The SMILES string of the molecule is CC(C)(O)[C@H]1CC[C@H]([C@@H]2[C@@H](O)C[C@]3(C)C4=CC[C@H]5C(C)(C)[C@@H](O)CC[C@]5(C)[C@H]4CC[C@@]23C)[C@H]1O. The van der Waals surface area contributed by atoms with Crippen LogP contribution in [0.2, 0.25) is 0 Å². The molecule has 0 aromatic heterocycles. The largest absolute Gasteiger partial charge is 0.393 e. The Morgan fingerprint density at radius 3 is 2.21 bits per heavy atom. The monoisotopic (exact) mass is 474 g/mol. The van der Waals surface area contributed by atoms with Gasteiger partial charge in [0.15, 0.2) is 0 Å². The van der Waals surface area contributed by atoms with E-state index in [2.05, 4.69) is 40.7 Å². The summed E-state index contributed by atoms with van der Waals surface area (Å²) in [5, 5.41) is 44.4. The van der Waals surface area contributed by atoms with Gasteiger partial charge in [0.1, 0.15) is 0 Å². The van der Waals surface area contributed by atoms with Crippen LogP contribution in [0.25, 0.3) is 0 Å². The predicted octanol–water partition coefficient (Wildman–Crippen LogP) is 5.08. The fourth-order valence-electron chi connectivity index (χ4n) is 10.7. The van der Waals surface area contributed by atoms with Crippen molar-refractivity contribution in [2.24, 2.45) is 51.2 Å². The Morgan fingerprint density at radius 1 is 0.912 bits per heavy atom. The summed E-state index contributed by atoms with van der Waals surface area (Å²) in [7, 11) is 0. The van der Waals surface area contributed by atoms with Crippen molar-refractivity contribution < 1.29 is 20.4 Å². The lowest BCUT2D eigenvalue weighted by Gasteiger charge is -2.64. The highest BCUT2D eigenvalue weighted by Gasteiger charge is 2.68. The summed E-state index contributed by atoms with van der Waals surface area (Å²) in [6, 6.07) is 0. The van der Waals surface area contributed by atoms with Gasteiger partial charge < -0.3 is 20.4 Å². The van der Waals surface area contributed by atoms with Gasteiger partial charge in [-0.1, -0.05) is 46.3 Å². The normalized spacial score (nSPS) is 54.7. The maximum atomic E-state index is 11.6. The van der Waals surface area contributed by atoms with Crippen molar-refractivity contribution in [1.29, 1.82) is 0 Å². The number of aliphatic hydroxyl groups excluding tert-OH is 3. The molecule has 5 rings (SSSR count). The van der Waals surface area contributed by atoms with Crippen molar-refractivity contribution in [3.05, 3.63) is 11.6 Å². The van der Waals surface area contributed by atoms with Crippen LogP contribution in [0.4, 0.5) is 0 Å². The fraction of sp³-hybridized carbons (Fsp3) is 0.933. The van der Waals surface area contributed by atoms with Crippen LogP contribution in [0.3, 0.4) is 0 Å². The Labute approximate surface area is 207 Å². The van der Waals surface area contributed by atoms with Gasteiger partial charge in [-0.15, -0.1) is 0 Å². The highest BCUT2D eigenvalue weighted by atomic mass is 16.3. The van der Waals surface area contributed by atoms with Crippen molar-refractivity contribution in [3.63, 3.8) is 0 Å². The third kappa shape index (κ3) is 3.10. The summed E-state index contributed by atoms with van der Waals surface area (Å²) >= 11 is 0. The molecule has 0 aliphatic heterocycles. The maximum Gasteiger partial charge on any atom is 0.0644 e. The first-order valence-electron chi connectivity index (χ1n) is 14.1. The van der Waals surface area contributed by atoms with E-state index in [1.165, 1.54) is 0 Å². The number of aliphatic hydroxyl groups is 4. The van der Waals surface area contributed by atoms with E-state index in [0.717, 1.165) is 51.4 Å². The highest BCUT2D eigenvalue weighted by Crippen LogP contribution is 2.74. The van der Waals surface area contributed by atoms with Gasteiger partial charge in [0, 0.05) is 5.92 Å². The minimum absolute atomic E-state index is 0.0473. The molecule has 4 fully saturated rings. The van der Waals surface area contributed by atoms with Crippen LogP contribution in [-0.4, -0.2) is 44.3 Å². The van der Waals surface area contributed by atoms with E-state index in [1.807, 2.05) is 13.8 Å². The molecule has 4 nitrogen and oxygen atoms in total. The summed E-state index contributed by atoms with van der Waals surface area (Å²) in [5.74, 6) is 0.986. The first kappa shape index (κ1) is 25.2. The molecule has 5 aliphatic rings. The zero-order valence-electron chi connectivity index (χ0n) is 22.6. The molecule has 4 saturated carbocycles. The van der Waals surface area contributed by atoms with Gasteiger partial charge in [0.05, 0.1) is 23.9 Å². The molecule has 4 N–H and O–H groups in total. The minimum Gasteiger partial charge on any atom is -0.393 e. The van der Waals surface area contributed by atoms with Gasteiger partial charge in [-0.3, -0.25) is 0 Å². The lowest BCUT2D eigenvalue weighted by molar-refractivity contribution is -0.134. The van der Waals surface area contributed by atoms with Gasteiger partial charge in [0.2, 0.25) is 0 Å². The van der Waals surface area contributed by atoms with E-state index in [0.29, 0.717) is 11.8 Å². The second kappa shape index (κ2) is 7.55.